The standard InChI is InChI=1S/C16H13ClIN3O2/c17-12-5-3-4-11(8-12)9-20-21-15(22)10-19-16(23)13-6-1-2-7-14(13)18/h1-9H,10H2,(H,19,23)(H,21,22)/b20-9-. The van der Waals surface area contributed by atoms with Crippen LogP contribution in [0.2, 0.25) is 5.02 Å². The van der Waals surface area contributed by atoms with E-state index in [9.17, 15) is 9.59 Å². The summed E-state index contributed by atoms with van der Waals surface area (Å²) in [6.45, 7) is -0.156. The Morgan fingerprint density at radius 3 is 2.70 bits per heavy atom. The lowest BCUT2D eigenvalue weighted by Crippen LogP contribution is -2.35. The van der Waals surface area contributed by atoms with Crippen LogP contribution in [0.1, 0.15) is 15.9 Å². The highest BCUT2D eigenvalue weighted by atomic mass is 127. The first kappa shape index (κ1) is 17.4. The molecule has 118 valence electrons. The largest absolute Gasteiger partial charge is 0.343 e. The number of hydrazone groups is 1. The molecule has 0 aliphatic rings. The van der Waals surface area contributed by atoms with Crippen molar-refractivity contribution in [3.63, 3.8) is 0 Å². The number of hydrogen-bond acceptors (Lipinski definition) is 3. The first-order chi connectivity index (χ1) is 11.1. The molecule has 7 heteroatoms. The van der Waals surface area contributed by atoms with Crippen molar-refractivity contribution < 1.29 is 9.59 Å². The van der Waals surface area contributed by atoms with Gasteiger partial charge in [0.25, 0.3) is 11.8 Å². The van der Waals surface area contributed by atoms with E-state index >= 15 is 0 Å². The Balaban J connectivity index is 1.81. The van der Waals surface area contributed by atoms with E-state index in [0.717, 1.165) is 9.13 Å². The Hall–Kier alpha value is -1.93. The topological polar surface area (TPSA) is 70.6 Å². The number of carbonyl (C=O) groups excluding carboxylic acids is 2. The number of rotatable bonds is 5. The fourth-order valence-corrected chi connectivity index (χ4v) is 2.54. The molecule has 0 atom stereocenters. The van der Waals surface area contributed by atoms with Crippen molar-refractivity contribution in [3.05, 3.63) is 68.3 Å². The van der Waals surface area contributed by atoms with Crippen LogP contribution in [0.3, 0.4) is 0 Å². The van der Waals surface area contributed by atoms with Crippen molar-refractivity contribution >= 4 is 52.2 Å². The number of amides is 2. The summed E-state index contributed by atoms with van der Waals surface area (Å²) in [6, 6.07) is 14.2. The van der Waals surface area contributed by atoms with E-state index in [0.29, 0.717) is 10.6 Å². The van der Waals surface area contributed by atoms with Gasteiger partial charge in [-0.15, -0.1) is 0 Å². The van der Waals surface area contributed by atoms with Crippen molar-refractivity contribution in [2.45, 2.75) is 0 Å². The molecule has 0 saturated carbocycles. The minimum Gasteiger partial charge on any atom is -0.343 e. The van der Waals surface area contributed by atoms with E-state index in [1.807, 2.05) is 12.1 Å². The van der Waals surface area contributed by atoms with Crippen molar-refractivity contribution in [2.75, 3.05) is 6.54 Å². The zero-order valence-corrected chi connectivity index (χ0v) is 14.8. The van der Waals surface area contributed by atoms with Gasteiger partial charge in [0.2, 0.25) is 0 Å². The van der Waals surface area contributed by atoms with E-state index in [4.69, 9.17) is 11.6 Å². The third-order valence-corrected chi connectivity index (χ3v) is 3.96. The van der Waals surface area contributed by atoms with Crippen molar-refractivity contribution in [3.8, 4) is 0 Å². The SMILES string of the molecule is O=C(CNC(=O)c1ccccc1I)N/N=C\c1cccc(Cl)c1. The smallest absolute Gasteiger partial charge is 0.259 e. The Labute approximate surface area is 152 Å². The van der Waals surface area contributed by atoms with Crippen molar-refractivity contribution in [1.82, 2.24) is 10.7 Å². The minimum absolute atomic E-state index is 0.156. The number of nitrogens with one attached hydrogen (secondary N) is 2. The molecular formula is C16H13ClIN3O2. The van der Waals surface area contributed by atoms with E-state index < -0.39 is 5.91 Å². The fraction of sp³-hybridized carbons (Fsp3) is 0.0625. The molecule has 0 aromatic heterocycles. The lowest BCUT2D eigenvalue weighted by molar-refractivity contribution is -0.120. The molecule has 0 radical (unpaired) electrons. The van der Waals surface area contributed by atoms with Crippen LogP contribution >= 0.6 is 34.2 Å². The molecule has 2 rings (SSSR count). The second-order valence-electron chi connectivity index (χ2n) is 4.51. The van der Waals surface area contributed by atoms with Crippen LogP contribution in [-0.2, 0) is 4.79 Å². The van der Waals surface area contributed by atoms with Crippen molar-refractivity contribution in [2.24, 2.45) is 5.10 Å². The van der Waals surface area contributed by atoms with Gasteiger partial charge in [-0.2, -0.15) is 5.10 Å². The molecular weight excluding hydrogens is 429 g/mol. The Morgan fingerprint density at radius 2 is 1.96 bits per heavy atom. The summed E-state index contributed by atoms with van der Waals surface area (Å²) in [6.07, 6.45) is 1.48. The molecule has 2 aromatic carbocycles. The zero-order chi connectivity index (χ0) is 16.7. The maximum absolute atomic E-state index is 12.0. The predicted octanol–water partition coefficient (Wildman–Crippen LogP) is 2.82. The summed E-state index contributed by atoms with van der Waals surface area (Å²) in [5.41, 5.74) is 3.64. The normalized spacial score (nSPS) is 10.5. The Kier molecular flexibility index (Phi) is 6.54. The molecule has 0 saturated heterocycles. The van der Waals surface area contributed by atoms with Crippen LogP contribution in [0, 0.1) is 3.57 Å². The van der Waals surface area contributed by atoms with Crippen LogP contribution in [-0.4, -0.2) is 24.6 Å². The average Bonchev–Trinajstić information content (AvgIpc) is 2.53. The van der Waals surface area contributed by atoms with Gasteiger partial charge in [-0.05, 0) is 52.4 Å². The lowest BCUT2D eigenvalue weighted by Gasteiger charge is -2.05. The van der Waals surface area contributed by atoms with Gasteiger partial charge in [-0.1, -0.05) is 35.9 Å². The van der Waals surface area contributed by atoms with Gasteiger partial charge >= 0.3 is 0 Å². The third-order valence-electron chi connectivity index (χ3n) is 2.78. The monoisotopic (exact) mass is 441 g/mol. The Bertz CT molecular complexity index is 750. The quantitative estimate of drug-likeness (QED) is 0.426. The first-order valence-corrected chi connectivity index (χ1v) is 8.12. The van der Waals surface area contributed by atoms with E-state index in [2.05, 4.69) is 38.4 Å². The first-order valence-electron chi connectivity index (χ1n) is 6.66. The zero-order valence-electron chi connectivity index (χ0n) is 11.9. The summed E-state index contributed by atoms with van der Waals surface area (Å²) in [5.74, 6) is -0.716. The van der Waals surface area contributed by atoms with Gasteiger partial charge in [0.15, 0.2) is 0 Å². The molecule has 0 aliphatic heterocycles. The molecule has 2 N–H and O–H groups in total. The van der Waals surface area contributed by atoms with Gasteiger partial charge in [0.05, 0.1) is 18.3 Å². The van der Waals surface area contributed by atoms with Crippen LogP contribution < -0.4 is 10.7 Å². The molecule has 0 heterocycles. The predicted molar refractivity (Wildman–Crippen MR) is 98.7 cm³/mol. The summed E-state index contributed by atoms with van der Waals surface area (Å²) in [7, 11) is 0. The van der Waals surface area contributed by atoms with Crippen LogP contribution in [0.5, 0.6) is 0 Å². The number of carbonyl (C=O) groups is 2. The number of benzene rings is 2. The second kappa shape index (κ2) is 8.64. The van der Waals surface area contributed by atoms with Crippen LogP contribution in [0.4, 0.5) is 0 Å². The highest BCUT2D eigenvalue weighted by Crippen LogP contribution is 2.11. The van der Waals surface area contributed by atoms with Gasteiger partial charge in [0, 0.05) is 8.59 Å². The maximum atomic E-state index is 12.0. The van der Waals surface area contributed by atoms with E-state index in [1.54, 1.807) is 36.4 Å². The molecule has 0 fully saturated rings. The summed E-state index contributed by atoms with van der Waals surface area (Å²) in [5, 5.41) is 6.95. The molecule has 2 aromatic rings. The maximum Gasteiger partial charge on any atom is 0.259 e. The third kappa shape index (κ3) is 5.65. The number of nitrogens with zero attached hydrogens (tertiary/aromatic N) is 1. The summed E-state index contributed by atoms with van der Waals surface area (Å²) < 4.78 is 0.821. The van der Waals surface area contributed by atoms with Gasteiger partial charge in [-0.25, -0.2) is 5.43 Å². The number of hydrogen-bond donors (Lipinski definition) is 2. The molecule has 5 nitrogen and oxygen atoms in total. The number of halogens is 2. The summed E-state index contributed by atoms with van der Waals surface area (Å²) in [4.78, 5) is 23.6. The fourth-order valence-electron chi connectivity index (χ4n) is 1.71. The highest BCUT2D eigenvalue weighted by molar-refractivity contribution is 14.1. The van der Waals surface area contributed by atoms with Gasteiger partial charge in [-0.3, -0.25) is 9.59 Å². The van der Waals surface area contributed by atoms with Crippen molar-refractivity contribution in [1.29, 1.82) is 0 Å². The molecule has 23 heavy (non-hydrogen) atoms. The molecule has 0 bridgehead atoms. The highest BCUT2D eigenvalue weighted by Gasteiger charge is 2.10. The molecule has 0 aliphatic carbocycles. The van der Waals surface area contributed by atoms with E-state index in [-0.39, 0.29) is 12.5 Å². The van der Waals surface area contributed by atoms with Gasteiger partial charge in [0.1, 0.15) is 0 Å². The molecule has 0 spiro atoms. The summed E-state index contributed by atoms with van der Waals surface area (Å²) >= 11 is 7.91. The van der Waals surface area contributed by atoms with E-state index in [1.165, 1.54) is 6.21 Å². The van der Waals surface area contributed by atoms with Crippen LogP contribution in [0.15, 0.2) is 53.6 Å². The average molecular weight is 442 g/mol. The lowest BCUT2D eigenvalue weighted by atomic mass is 10.2. The molecule has 2 amide bonds. The molecule has 0 unspecified atom stereocenters. The van der Waals surface area contributed by atoms with Gasteiger partial charge < -0.3 is 5.32 Å². The van der Waals surface area contributed by atoms with Crippen LogP contribution in [0.25, 0.3) is 0 Å². The Morgan fingerprint density at radius 1 is 1.17 bits per heavy atom. The minimum atomic E-state index is -0.414. The second-order valence-corrected chi connectivity index (χ2v) is 6.11.